The minimum Gasteiger partial charge on any atom is -0.467 e. The summed E-state index contributed by atoms with van der Waals surface area (Å²) in [5, 5.41) is 1.28. The molecule has 0 fully saturated rings. The standard InChI is InChI=1S/C5H8ClN3O2/c1-10-5-8-4(6)7-3-9(5)11-2/h3-4H,1-2H3. The van der Waals surface area contributed by atoms with Crippen LogP contribution in [0.1, 0.15) is 0 Å². The molecule has 6 heteroatoms. The Kier molecular flexibility index (Phi) is 2.67. The van der Waals surface area contributed by atoms with Crippen molar-refractivity contribution >= 4 is 24.0 Å². The Labute approximate surface area is 69.2 Å². The van der Waals surface area contributed by atoms with Crippen LogP contribution in [0.4, 0.5) is 0 Å². The summed E-state index contributed by atoms with van der Waals surface area (Å²) in [6, 6.07) is 0.294. The lowest BCUT2D eigenvalue weighted by molar-refractivity contribution is -0.0167. The number of hydrogen-bond acceptors (Lipinski definition) is 5. The van der Waals surface area contributed by atoms with Gasteiger partial charge < -0.3 is 4.74 Å². The Morgan fingerprint density at radius 3 is 2.91 bits per heavy atom. The van der Waals surface area contributed by atoms with Crippen LogP contribution >= 0.6 is 11.6 Å². The third-order valence-electron chi connectivity index (χ3n) is 1.08. The van der Waals surface area contributed by atoms with Gasteiger partial charge in [0.15, 0.2) is 0 Å². The zero-order valence-corrected chi connectivity index (χ0v) is 6.95. The molecule has 0 amide bonds. The van der Waals surface area contributed by atoms with Gasteiger partial charge in [0.05, 0.1) is 14.2 Å². The fraction of sp³-hybridized carbons (Fsp3) is 0.600. The van der Waals surface area contributed by atoms with Gasteiger partial charge in [-0.15, -0.1) is 0 Å². The lowest BCUT2D eigenvalue weighted by Gasteiger charge is -2.20. The minimum atomic E-state index is -0.614. The summed E-state index contributed by atoms with van der Waals surface area (Å²) in [5.74, 6) is 0. The first-order valence-corrected chi connectivity index (χ1v) is 3.34. The number of aliphatic imine (C=N–C) groups is 2. The monoisotopic (exact) mass is 177 g/mol. The molecule has 1 aliphatic heterocycles. The summed E-state index contributed by atoms with van der Waals surface area (Å²) in [4.78, 5) is 12.4. The van der Waals surface area contributed by atoms with E-state index in [0.717, 1.165) is 0 Å². The lowest BCUT2D eigenvalue weighted by Crippen LogP contribution is -2.33. The molecule has 0 bridgehead atoms. The molecule has 1 unspecified atom stereocenters. The van der Waals surface area contributed by atoms with Gasteiger partial charge in [-0.2, -0.15) is 10.1 Å². The number of hydroxylamine groups is 2. The third-order valence-corrected chi connectivity index (χ3v) is 1.29. The third kappa shape index (κ3) is 1.81. The second-order valence-electron chi connectivity index (χ2n) is 1.70. The molecular weight excluding hydrogens is 170 g/mol. The van der Waals surface area contributed by atoms with Gasteiger partial charge in [0.25, 0.3) is 0 Å². The van der Waals surface area contributed by atoms with E-state index in [2.05, 4.69) is 9.98 Å². The topological polar surface area (TPSA) is 46.4 Å². The summed E-state index contributed by atoms with van der Waals surface area (Å²) in [7, 11) is 2.96. The maximum atomic E-state index is 5.56. The summed E-state index contributed by atoms with van der Waals surface area (Å²) in [6.07, 6.45) is 1.41. The summed E-state index contributed by atoms with van der Waals surface area (Å²) in [5.41, 5.74) is -0.614. The van der Waals surface area contributed by atoms with Crippen molar-refractivity contribution in [1.82, 2.24) is 5.06 Å². The van der Waals surface area contributed by atoms with Gasteiger partial charge in [-0.3, -0.25) is 4.84 Å². The van der Waals surface area contributed by atoms with Crippen LogP contribution < -0.4 is 0 Å². The number of nitrogens with zero attached hydrogens (tertiary/aromatic N) is 3. The van der Waals surface area contributed by atoms with Crippen molar-refractivity contribution in [3.05, 3.63) is 0 Å². The van der Waals surface area contributed by atoms with Gasteiger partial charge in [-0.05, 0) is 0 Å². The summed E-state index contributed by atoms with van der Waals surface area (Å²) in [6.45, 7) is 0. The molecule has 11 heavy (non-hydrogen) atoms. The van der Waals surface area contributed by atoms with Crippen molar-refractivity contribution in [3.63, 3.8) is 0 Å². The molecule has 0 N–H and O–H groups in total. The zero-order chi connectivity index (χ0) is 8.27. The molecule has 1 heterocycles. The molecule has 0 spiro atoms. The highest BCUT2D eigenvalue weighted by atomic mass is 35.5. The molecule has 0 aromatic rings. The highest BCUT2D eigenvalue weighted by molar-refractivity contribution is 6.21. The minimum absolute atomic E-state index is 0.294. The molecule has 1 rings (SSSR count). The van der Waals surface area contributed by atoms with Gasteiger partial charge in [-0.25, -0.2) is 4.99 Å². The smallest absolute Gasteiger partial charge is 0.320 e. The van der Waals surface area contributed by atoms with Crippen LogP contribution in [-0.2, 0) is 9.57 Å². The van der Waals surface area contributed by atoms with Crippen molar-refractivity contribution in [3.8, 4) is 0 Å². The van der Waals surface area contributed by atoms with E-state index >= 15 is 0 Å². The van der Waals surface area contributed by atoms with E-state index in [4.69, 9.17) is 21.2 Å². The van der Waals surface area contributed by atoms with Crippen molar-refractivity contribution in [2.45, 2.75) is 5.62 Å². The highest BCUT2D eigenvalue weighted by Crippen LogP contribution is 2.07. The quantitative estimate of drug-likeness (QED) is 0.431. The van der Waals surface area contributed by atoms with E-state index in [9.17, 15) is 0 Å². The second-order valence-corrected chi connectivity index (χ2v) is 2.09. The number of methoxy groups -OCH3 is 1. The van der Waals surface area contributed by atoms with Gasteiger partial charge in [0.2, 0.25) is 5.62 Å². The van der Waals surface area contributed by atoms with Crippen LogP contribution in [-0.4, -0.2) is 37.3 Å². The molecule has 0 saturated heterocycles. The van der Waals surface area contributed by atoms with Crippen molar-refractivity contribution < 1.29 is 9.57 Å². The van der Waals surface area contributed by atoms with Gasteiger partial charge in [0.1, 0.15) is 6.34 Å². The van der Waals surface area contributed by atoms with E-state index in [0.29, 0.717) is 6.02 Å². The van der Waals surface area contributed by atoms with Crippen LogP contribution in [0.5, 0.6) is 0 Å². The first-order chi connectivity index (χ1) is 5.27. The van der Waals surface area contributed by atoms with Gasteiger partial charge in [-0.1, -0.05) is 11.6 Å². The van der Waals surface area contributed by atoms with E-state index in [-0.39, 0.29) is 0 Å². The average molecular weight is 178 g/mol. The van der Waals surface area contributed by atoms with Crippen molar-refractivity contribution in [2.75, 3.05) is 14.2 Å². The largest absolute Gasteiger partial charge is 0.467 e. The zero-order valence-electron chi connectivity index (χ0n) is 6.19. The fourth-order valence-electron chi connectivity index (χ4n) is 0.614. The van der Waals surface area contributed by atoms with E-state index in [1.54, 1.807) is 0 Å². The Morgan fingerprint density at radius 2 is 2.36 bits per heavy atom. The molecule has 0 aromatic carbocycles. The van der Waals surface area contributed by atoms with Gasteiger partial charge >= 0.3 is 6.02 Å². The molecule has 0 aromatic heterocycles. The van der Waals surface area contributed by atoms with Crippen molar-refractivity contribution in [1.29, 1.82) is 0 Å². The van der Waals surface area contributed by atoms with Crippen molar-refractivity contribution in [2.24, 2.45) is 9.98 Å². The van der Waals surface area contributed by atoms with E-state index in [1.165, 1.54) is 25.6 Å². The molecule has 1 atom stereocenters. The number of ether oxygens (including phenoxy) is 1. The molecule has 5 nitrogen and oxygen atoms in total. The maximum Gasteiger partial charge on any atom is 0.320 e. The molecule has 0 radical (unpaired) electrons. The molecule has 62 valence electrons. The Morgan fingerprint density at radius 1 is 1.64 bits per heavy atom. The van der Waals surface area contributed by atoms with Crippen LogP contribution in [0.15, 0.2) is 9.98 Å². The molecule has 0 saturated carbocycles. The van der Waals surface area contributed by atoms with E-state index < -0.39 is 5.62 Å². The van der Waals surface area contributed by atoms with Crippen LogP contribution in [0.2, 0.25) is 0 Å². The first-order valence-electron chi connectivity index (χ1n) is 2.90. The SMILES string of the molecule is COC1=NC(Cl)N=CN1OC. The average Bonchev–Trinajstić information content (AvgIpc) is 2.04. The summed E-state index contributed by atoms with van der Waals surface area (Å²) < 4.78 is 4.84. The first kappa shape index (κ1) is 8.29. The number of halogens is 1. The van der Waals surface area contributed by atoms with Crippen LogP contribution in [0, 0.1) is 0 Å². The van der Waals surface area contributed by atoms with Crippen LogP contribution in [0.25, 0.3) is 0 Å². The normalized spacial score (nSPS) is 23.4. The molecular formula is C5H8ClN3O2. The fourth-order valence-corrected chi connectivity index (χ4v) is 0.748. The predicted octanol–water partition coefficient (Wildman–Crippen LogP) is 0.416. The number of alkyl halides is 1. The lowest BCUT2D eigenvalue weighted by atomic mass is 10.8. The maximum absolute atomic E-state index is 5.56. The van der Waals surface area contributed by atoms with Gasteiger partial charge in [0, 0.05) is 0 Å². The summed E-state index contributed by atoms with van der Waals surface area (Å²) >= 11 is 5.56. The van der Waals surface area contributed by atoms with E-state index in [1.807, 2.05) is 0 Å². The second kappa shape index (κ2) is 3.54. The Hall–Kier alpha value is -0.810. The molecule has 1 aliphatic rings. The predicted molar refractivity (Wildman–Crippen MR) is 41.4 cm³/mol. The number of hydrogen-bond donors (Lipinski definition) is 0. The Bertz CT molecular complexity index is 194. The van der Waals surface area contributed by atoms with Crippen LogP contribution in [0.3, 0.4) is 0 Å². The highest BCUT2D eigenvalue weighted by Gasteiger charge is 2.15. The Balaban J connectivity index is 2.69. The number of rotatable bonds is 1. The number of amidine groups is 1. The molecule has 0 aliphatic carbocycles.